The van der Waals surface area contributed by atoms with Gasteiger partial charge in [-0.25, -0.2) is 0 Å². The molecule has 1 aliphatic rings. The van der Waals surface area contributed by atoms with Gasteiger partial charge in [-0.15, -0.1) is 0 Å². The highest BCUT2D eigenvalue weighted by molar-refractivity contribution is 6.43. The minimum atomic E-state index is 0.127. The Labute approximate surface area is 128 Å². The highest BCUT2D eigenvalue weighted by atomic mass is 35.5. The normalized spacial score (nSPS) is 16.6. The molecule has 0 bridgehead atoms. The van der Waals surface area contributed by atoms with E-state index in [4.69, 9.17) is 27.9 Å². The van der Waals surface area contributed by atoms with Gasteiger partial charge in [0.25, 0.3) is 0 Å². The zero-order chi connectivity index (χ0) is 14.1. The van der Waals surface area contributed by atoms with Gasteiger partial charge in [0.05, 0.1) is 22.3 Å². The third-order valence-electron chi connectivity index (χ3n) is 3.43. The maximum atomic E-state index is 6.15. The van der Waals surface area contributed by atoms with Crippen LogP contribution in [0.3, 0.4) is 0 Å². The fourth-order valence-corrected chi connectivity index (χ4v) is 2.79. The van der Waals surface area contributed by atoms with Crippen LogP contribution in [-0.2, 0) is 6.42 Å². The van der Waals surface area contributed by atoms with Crippen molar-refractivity contribution in [3.63, 3.8) is 0 Å². The fraction of sp³-hybridized carbons (Fsp3) is 0.250. The summed E-state index contributed by atoms with van der Waals surface area (Å²) >= 11 is 12.1. The molecule has 4 heteroatoms. The Bertz CT molecular complexity index is 642. The standard InChI is InChI=1S/C16H15Cl2NO/c1-10-5-6-15-11(7-10)8-12(20-15)9-19-14-4-2-3-13(17)16(14)18/h2-7,12,19H,8-9H2,1H3. The molecule has 0 aromatic heterocycles. The molecule has 20 heavy (non-hydrogen) atoms. The van der Waals surface area contributed by atoms with Gasteiger partial charge in [0.1, 0.15) is 11.9 Å². The Hall–Kier alpha value is -1.38. The highest BCUT2D eigenvalue weighted by Gasteiger charge is 2.22. The summed E-state index contributed by atoms with van der Waals surface area (Å²) in [5, 5.41) is 4.42. The smallest absolute Gasteiger partial charge is 0.123 e. The van der Waals surface area contributed by atoms with Gasteiger partial charge in [-0.05, 0) is 30.7 Å². The molecule has 0 saturated heterocycles. The minimum absolute atomic E-state index is 0.127. The Morgan fingerprint density at radius 2 is 2.10 bits per heavy atom. The molecule has 0 amide bonds. The van der Waals surface area contributed by atoms with Crippen molar-refractivity contribution >= 4 is 28.9 Å². The predicted octanol–water partition coefficient (Wildman–Crippen LogP) is 4.72. The molecular formula is C16H15Cl2NO. The third kappa shape index (κ3) is 2.72. The van der Waals surface area contributed by atoms with Gasteiger partial charge in [0.15, 0.2) is 0 Å². The molecule has 0 radical (unpaired) electrons. The zero-order valence-electron chi connectivity index (χ0n) is 11.1. The number of ether oxygens (including phenoxy) is 1. The summed E-state index contributed by atoms with van der Waals surface area (Å²) in [4.78, 5) is 0. The molecule has 3 rings (SSSR count). The summed E-state index contributed by atoms with van der Waals surface area (Å²) in [6, 6.07) is 11.9. The van der Waals surface area contributed by atoms with Crippen LogP contribution < -0.4 is 10.1 Å². The number of rotatable bonds is 3. The lowest BCUT2D eigenvalue weighted by Gasteiger charge is -2.14. The maximum Gasteiger partial charge on any atom is 0.123 e. The Morgan fingerprint density at radius 3 is 2.95 bits per heavy atom. The second kappa shape index (κ2) is 5.55. The number of aryl methyl sites for hydroxylation is 1. The van der Waals surface area contributed by atoms with Crippen LogP contribution in [-0.4, -0.2) is 12.6 Å². The molecular weight excluding hydrogens is 293 g/mol. The van der Waals surface area contributed by atoms with E-state index in [1.807, 2.05) is 18.2 Å². The number of nitrogens with one attached hydrogen (secondary N) is 1. The van der Waals surface area contributed by atoms with E-state index in [-0.39, 0.29) is 6.10 Å². The van der Waals surface area contributed by atoms with E-state index in [0.717, 1.165) is 17.9 Å². The van der Waals surface area contributed by atoms with Crippen LogP contribution >= 0.6 is 23.2 Å². The van der Waals surface area contributed by atoms with Crippen molar-refractivity contribution in [3.05, 3.63) is 57.6 Å². The average molecular weight is 308 g/mol. The van der Waals surface area contributed by atoms with Crippen LogP contribution in [0.5, 0.6) is 5.75 Å². The first-order valence-electron chi connectivity index (χ1n) is 6.57. The van der Waals surface area contributed by atoms with Crippen molar-refractivity contribution in [2.24, 2.45) is 0 Å². The molecule has 1 aliphatic heterocycles. The second-order valence-electron chi connectivity index (χ2n) is 5.04. The largest absolute Gasteiger partial charge is 0.488 e. The van der Waals surface area contributed by atoms with Crippen LogP contribution in [0.15, 0.2) is 36.4 Å². The Kier molecular flexibility index (Phi) is 3.77. The SMILES string of the molecule is Cc1ccc2c(c1)CC(CNc1cccc(Cl)c1Cl)O2. The predicted molar refractivity (Wildman–Crippen MR) is 84.3 cm³/mol. The molecule has 0 spiro atoms. The van der Waals surface area contributed by atoms with Gasteiger partial charge in [-0.2, -0.15) is 0 Å². The van der Waals surface area contributed by atoms with E-state index in [1.165, 1.54) is 11.1 Å². The van der Waals surface area contributed by atoms with Crippen LogP contribution in [0.25, 0.3) is 0 Å². The molecule has 2 aromatic carbocycles. The van der Waals surface area contributed by atoms with Gasteiger partial charge in [-0.1, -0.05) is 47.0 Å². The van der Waals surface area contributed by atoms with E-state index < -0.39 is 0 Å². The summed E-state index contributed by atoms with van der Waals surface area (Å²) in [6.07, 6.45) is 1.05. The molecule has 0 aliphatic carbocycles. The van der Waals surface area contributed by atoms with Gasteiger partial charge in [0.2, 0.25) is 0 Å². The van der Waals surface area contributed by atoms with Gasteiger partial charge in [0, 0.05) is 6.42 Å². The van der Waals surface area contributed by atoms with E-state index in [0.29, 0.717) is 16.6 Å². The number of anilines is 1. The zero-order valence-corrected chi connectivity index (χ0v) is 12.6. The molecule has 1 heterocycles. The number of fused-ring (bicyclic) bond motifs is 1. The number of halogens is 2. The summed E-state index contributed by atoms with van der Waals surface area (Å²) < 4.78 is 5.92. The molecule has 2 nitrogen and oxygen atoms in total. The third-order valence-corrected chi connectivity index (χ3v) is 4.25. The fourth-order valence-electron chi connectivity index (χ4n) is 2.43. The number of benzene rings is 2. The summed E-state index contributed by atoms with van der Waals surface area (Å²) in [5.74, 6) is 0.986. The molecule has 0 fully saturated rings. The monoisotopic (exact) mass is 307 g/mol. The molecule has 1 N–H and O–H groups in total. The van der Waals surface area contributed by atoms with Crippen molar-refractivity contribution in [1.82, 2.24) is 0 Å². The van der Waals surface area contributed by atoms with Crippen molar-refractivity contribution in [1.29, 1.82) is 0 Å². The topological polar surface area (TPSA) is 21.3 Å². The first-order valence-corrected chi connectivity index (χ1v) is 7.33. The average Bonchev–Trinajstić information content (AvgIpc) is 2.82. The van der Waals surface area contributed by atoms with Crippen molar-refractivity contribution in [3.8, 4) is 5.75 Å². The quantitative estimate of drug-likeness (QED) is 0.886. The molecule has 0 saturated carbocycles. The summed E-state index contributed by atoms with van der Waals surface area (Å²) in [7, 11) is 0. The lowest BCUT2D eigenvalue weighted by molar-refractivity contribution is 0.246. The number of hydrogen-bond acceptors (Lipinski definition) is 2. The Morgan fingerprint density at radius 1 is 1.25 bits per heavy atom. The molecule has 1 unspecified atom stereocenters. The van der Waals surface area contributed by atoms with Crippen molar-refractivity contribution < 1.29 is 4.74 Å². The van der Waals surface area contributed by atoms with Gasteiger partial charge in [-0.3, -0.25) is 0 Å². The maximum absolute atomic E-state index is 6.15. The Balaban J connectivity index is 1.65. The van der Waals surface area contributed by atoms with Crippen LogP contribution in [0.4, 0.5) is 5.69 Å². The first kappa shape index (κ1) is 13.6. The van der Waals surface area contributed by atoms with Gasteiger partial charge < -0.3 is 10.1 Å². The number of hydrogen-bond donors (Lipinski definition) is 1. The molecule has 1 atom stereocenters. The van der Waals surface area contributed by atoms with Crippen molar-refractivity contribution in [2.45, 2.75) is 19.4 Å². The first-order chi connectivity index (χ1) is 9.63. The van der Waals surface area contributed by atoms with Crippen LogP contribution in [0.1, 0.15) is 11.1 Å². The van der Waals surface area contributed by atoms with Crippen molar-refractivity contribution in [2.75, 3.05) is 11.9 Å². The lowest BCUT2D eigenvalue weighted by Crippen LogP contribution is -2.24. The highest BCUT2D eigenvalue weighted by Crippen LogP contribution is 2.32. The van der Waals surface area contributed by atoms with E-state index in [1.54, 1.807) is 6.07 Å². The van der Waals surface area contributed by atoms with Gasteiger partial charge >= 0.3 is 0 Å². The minimum Gasteiger partial charge on any atom is -0.488 e. The lowest BCUT2D eigenvalue weighted by atomic mass is 10.1. The molecule has 2 aromatic rings. The summed E-state index contributed by atoms with van der Waals surface area (Å²) in [5.41, 5.74) is 3.38. The second-order valence-corrected chi connectivity index (χ2v) is 5.82. The van der Waals surface area contributed by atoms with Crippen LogP contribution in [0.2, 0.25) is 10.0 Å². The molecule has 104 valence electrons. The van der Waals surface area contributed by atoms with E-state index >= 15 is 0 Å². The van der Waals surface area contributed by atoms with Crippen LogP contribution in [0, 0.1) is 6.92 Å². The summed E-state index contributed by atoms with van der Waals surface area (Å²) in [6.45, 7) is 2.80. The van der Waals surface area contributed by atoms with E-state index in [2.05, 4.69) is 24.4 Å². The van der Waals surface area contributed by atoms with E-state index in [9.17, 15) is 0 Å².